The predicted molar refractivity (Wildman–Crippen MR) is 93.1 cm³/mol. The lowest BCUT2D eigenvalue weighted by Gasteiger charge is -2.31. The Morgan fingerprint density at radius 3 is 2.54 bits per heavy atom. The average Bonchev–Trinajstić information content (AvgIpc) is 3.26. The van der Waals surface area contributed by atoms with E-state index in [2.05, 4.69) is 5.32 Å². The Bertz CT molecular complexity index is 677. The van der Waals surface area contributed by atoms with E-state index in [1.807, 2.05) is 17.5 Å². The quantitative estimate of drug-likeness (QED) is 0.784. The summed E-state index contributed by atoms with van der Waals surface area (Å²) < 4.78 is 24.5. The molecular weight excluding hydrogens is 348 g/mol. The van der Waals surface area contributed by atoms with Crippen molar-refractivity contribution in [3.05, 3.63) is 22.4 Å². The SMILES string of the molecule is CS(=O)(=O)N1CCC(C(=O)NC[C@@](O)(c2cccs2)C2CC2)CC1. The number of aliphatic hydroxyl groups is 1. The molecule has 1 atom stereocenters. The molecule has 2 heterocycles. The van der Waals surface area contributed by atoms with Gasteiger partial charge in [0.05, 0.1) is 12.8 Å². The van der Waals surface area contributed by atoms with Crippen LogP contribution in [0.3, 0.4) is 0 Å². The molecule has 6 nitrogen and oxygen atoms in total. The van der Waals surface area contributed by atoms with E-state index in [4.69, 9.17) is 0 Å². The molecule has 1 saturated carbocycles. The third kappa shape index (κ3) is 3.82. The van der Waals surface area contributed by atoms with Gasteiger partial charge in [-0.15, -0.1) is 11.3 Å². The monoisotopic (exact) mass is 372 g/mol. The lowest BCUT2D eigenvalue weighted by molar-refractivity contribution is -0.127. The molecule has 1 aromatic rings. The van der Waals surface area contributed by atoms with Gasteiger partial charge in [-0.1, -0.05) is 6.07 Å². The van der Waals surface area contributed by atoms with Crippen molar-refractivity contribution in [3.63, 3.8) is 0 Å². The van der Waals surface area contributed by atoms with Crippen molar-refractivity contribution in [1.82, 2.24) is 9.62 Å². The number of nitrogens with one attached hydrogen (secondary N) is 1. The second kappa shape index (κ2) is 6.74. The summed E-state index contributed by atoms with van der Waals surface area (Å²) in [6.07, 6.45) is 4.22. The maximum Gasteiger partial charge on any atom is 0.223 e. The lowest BCUT2D eigenvalue weighted by Crippen LogP contribution is -2.46. The number of amides is 1. The highest BCUT2D eigenvalue weighted by atomic mass is 32.2. The van der Waals surface area contributed by atoms with Crippen LogP contribution in [0.15, 0.2) is 17.5 Å². The second-order valence-corrected chi connectivity index (χ2v) is 9.76. The molecule has 2 fully saturated rings. The van der Waals surface area contributed by atoms with E-state index < -0.39 is 15.6 Å². The highest BCUT2D eigenvalue weighted by Gasteiger charge is 2.46. The van der Waals surface area contributed by atoms with Gasteiger partial charge in [-0.05, 0) is 43.0 Å². The summed E-state index contributed by atoms with van der Waals surface area (Å²) in [5.41, 5.74) is -0.975. The standard InChI is InChI=1S/C16H24N2O4S2/c1-24(21,22)18-8-6-12(7-9-18)15(19)17-11-16(20,13-4-5-13)14-3-2-10-23-14/h2-3,10,12-13,20H,4-9,11H2,1H3,(H,17,19)/t16-/m0/s1. The van der Waals surface area contributed by atoms with Gasteiger partial charge in [0, 0.05) is 23.9 Å². The van der Waals surface area contributed by atoms with Crippen LogP contribution in [-0.2, 0) is 20.4 Å². The van der Waals surface area contributed by atoms with Crippen LogP contribution >= 0.6 is 11.3 Å². The lowest BCUT2D eigenvalue weighted by atomic mass is 9.93. The Labute approximate surface area is 146 Å². The number of rotatable bonds is 6. The van der Waals surface area contributed by atoms with E-state index in [-0.39, 0.29) is 24.3 Å². The Hall–Kier alpha value is -0.960. The molecule has 1 amide bonds. The van der Waals surface area contributed by atoms with E-state index in [1.54, 1.807) is 0 Å². The molecule has 0 spiro atoms. The van der Waals surface area contributed by atoms with Gasteiger partial charge in [-0.2, -0.15) is 0 Å². The van der Waals surface area contributed by atoms with Crippen molar-refractivity contribution in [1.29, 1.82) is 0 Å². The van der Waals surface area contributed by atoms with E-state index in [9.17, 15) is 18.3 Å². The minimum Gasteiger partial charge on any atom is -0.382 e. The van der Waals surface area contributed by atoms with E-state index in [1.165, 1.54) is 21.9 Å². The van der Waals surface area contributed by atoms with Gasteiger partial charge in [-0.25, -0.2) is 12.7 Å². The number of carbonyl (C=O) groups is 1. The summed E-state index contributed by atoms with van der Waals surface area (Å²) in [7, 11) is -3.18. The van der Waals surface area contributed by atoms with E-state index in [0.717, 1.165) is 17.7 Å². The summed E-state index contributed by atoms with van der Waals surface area (Å²) in [5, 5.41) is 15.9. The topological polar surface area (TPSA) is 86.7 Å². The van der Waals surface area contributed by atoms with Crippen LogP contribution in [0.4, 0.5) is 0 Å². The van der Waals surface area contributed by atoms with Crippen LogP contribution in [0.5, 0.6) is 0 Å². The van der Waals surface area contributed by atoms with Gasteiger partial charge >= 0.3 is 0 Å². The van der Waals surface area contributed by atoms with Gasteiger partial charge in [-0.3, -0.25) is 4.79 Å². The predicted octanol–water partition coefficient (Wildman–Crippen LogP) is 1.13. The smallest absolute Gasteiger partial charge is 0.223 e. The minimum absolute atomic E-state index is 0.0845. The van der Waals surface area contributed by atoms with Crippen molar-refractivity contribution in [3.8, 4) is 0 Å². The average molecular weight is 373 g/mol. The molecule has 8 heteroatoms. The first-order chi connectivity index (χ1) is 11.3. The van der Waals surface area contributed by atoms with E-state index in [0.29, 0.717) is 25.9 Å². The fourth-order valence-corrected chi connectivity index (χ4v) is 5.11. The molecule has 134 valence electrons. The molecule has 1 aromatic heterocycles. The molecule has 0 aromatic carbocycles. The third-order valence-electron chi connectivity index (χ3n) is 5.03. The van der Waals surface area contributed by atoms with Gasteiger partial charge < -0.3 is 10.4 Å². The molecular formula is C16H24N2O4S2. The van der Waals surface area contributed by atoms with Crippen LogP contribution in [0.2, 0.25) is 0 Å². The molecule has 0 radical (unpaired) electrons. The Morgan fingerprint density at radius 2 is 2.04 bits per heavy atom. The van der Waals surface area contributed by atoms with Gasteiger partial charge in [0.15, 0.2) is 0 Å². The first-order valence-corrected chi connectivity index (χ1v) is 11.0. The zero-order chi connectivity index (χ0) is 17.4. The number of carbonyl (C=O) groups excluding carboxylic acids is 1. The molecule has 3 rings (SSSR count). The summed E-state index contributed by atoms with van der Waals surface area (Å²) in [6.45, 7) is 0.993. The molecule has 1 aliphatic heterocycles. The zero-order valence-electron chi connectivity index (χ0n) is 13.8. The first-order valence-electron chi connectivity index (χ1n) is 8.30. The number of sulfonamides is 1. The minimum atomic E-state index is -3.18. The van der Waals surface area contributed by atoms with Crippen LogP contribution in [0, 0.1) is 11.8 Å². The maximum absolute atomic E-state index is 12.4. The van der Waals surface area contributed by atoms with Crippen molar-refractivity contribution in [2.24, 2.45) is 11.8 Å². The number of hydrogen-bond acceptors (Lipinski definition) is 5. The number of thiophene rings is 1. The van der Waals surface area contributed by atoms with Crippen LogP contribution in [0.1, 0.15) is 30.6 Å². The number of nitrogens with zero attached hydrogens (tertiary/aromatic N) is 1. The van der Waals surface area contributed by atoms with Gasteiger partial charge in [0.2, 0.25) is 15.9 Å². The molecule has 24 heavy (non-hydrogen) atoms. The summed E-state index contributed by atoms with van der Waals surface area (Å²) in [4.78, 5) is 13.3. The molecule has 2 N–H and O–H groups in total. The highest BCUT2D eigenvalue weighted by Crippen LogP contribution is 2.46. The van der Waals surface area contributed by atoms with Crippen molar-refractivity contribution in [2.75, 3.05) is 25.9 Å². The van der Waals surface area contributed by atoms with Crippen LogP contribution in [0.25, 0.3) is 0 Å². The normalized spacial score (nSPS) is 22.9. The molecule has 2 aliphatic rings. The van der Waals surface area contributed by atoms with Crippen molar-refractivity contribution < 1.29 is 18.3 Å². The first kappa shape index (κ1) is 17.8. The fourth-order valence-electron chi connectivity index (χ4n) is 3.33. The summed E-state index contributed by atoms with van der Waals surface area (Å²) in [6, 6.07) is 3.83. The second-order valence-electron chi connectivity index (χ2n) is 6.83. The Balaban J connectivity index is 1.56. The summed E-state index contributed by atoms with van der Waals surface area (Å²) in [5.74, 6) is -0.0582. The molecule has 1 aliphatic carbocycles. The van der Waals surface area contributed by atoms with Gasteiger partial charge in [0.25, 0.3) is 0 Å². The highest BCUT2D eigenvalue weighted by molar-refractivity contribution is 7.88. The summed E-state index contributed by atoms with van der Waals surface area (Å²) >= 11 is 1.51. The largest absolute Gasteiger partial charge is 0.382 e. The Kier molecular flexibility index (Phi) is 5.01. The maximum atomic E-state index is 12.4. The van der Waals surface area contributed by atoms with Crippen molar-refractivity contribution >= 4 is 27.3 Å². The molecule has 1 saturated heterocycles. The molecule has 0 bridgehead atoms. The van der Waals surface area contributed by atoms with Gasteiger partial charge in [0.1, 0.15) is 5.60 Å². The third-order valence-corrected chi connectivity index (χ3v) is 7.37. The Morgan fingerprint density at radius 1 is 1.38 bits per heavy atom. The van der Waals surface area contributed by atoms with Crippen LogP contribution < -0.4 is 5.32 Å². The fraction of sp³-hybridized carbons (Fsp3) is 0.688. The molecule has 0 unspecified atom stereocenters. The zero-order valence-corrected chi connectivity index (χ0v) is 15.4. The van der Waals surface area contributed by atoms with Crippen LogP contribution in [-0.4, -0.2) is 49.6 Å². The number of piperidine rings is 1. The van der Waals surface area contributed by atoms with Crippen molar-refractivity contribution in [2.45, 2.75) is 31.3 Å². The number of hydrogen-bond donors (Lipinski definition) is 2. The van der Waals surface area contributed by atoms with E-state index >= 15 is 0 Å².